The minimum absolute atomic E-state index is 0.357. The van der Waals surface area contributed by atoms with Crippen LogP contribution in [0.1, 0.15) is 29.3 Å². The van der Waals surface area contributed by atoms with E-state index in [1.807, 2.05) is 17.0 Å². The number of carboxylic acid groups (broad SMARTS) is 1. The lowest BCUT2D eigenvalue weighted by Crippen LogP contribution is -2.20. The Morgan fingerprint density at radius 1 is 1.36 bits per heavy atom. The maximum absolute atomic E-state index is 13.3. The van der Waals surface area contributed by atoms with Gasteiger partial charge in [0.1, 0.15) is 11.9 Å². The number of hydrogen-bond donors (Lipinski definition) is 3. The number of carbonyl (C=O) groups is 1. The van der Waals surface area contributed by atoms with Crippen molar-refractivity contribution in [3.8, 4) is 17.0 Å². The van der Waals surface area contributed by atoms with Gasteiger partial charge in [-0.25, -0.2) is 9.18 Å². The molecule has 0 radical (unpaired) electrons. The van der Waals surface area contributed by atoms with Gasteiger partial charge in [0.05, 0.1) is 5.69 Å². The molecule has 0 saturated carbocycles. The zero-order valence-electron chi connectivity index (χ0n) is 13.8. The number of anilines is 1. The van der Waals surface area contributed by atoms with E-state index in [-0.39, 0.29) is 0 Å². The fourth-order valence-corrected chi connectivity index (χ4v) is 3.21. The molecule has 1 atom stereocenters. The fourth-order valence-electron chi connectivity index (χ4n) is 3.21. The Bertz CT molecular complexity index is 861. The van der Waals surface area contributed by atoms with Crippen molar-refractivity contribution in [3.63, 3.8) is 0 Å². The van der Waals surface area contributed by atoms with E-state index in [4.69, 9.17) is 5.11 Å². The molecule has 0 spiro atoms. The largest absolute Gasteiger partial charge is 0.506 e. The Labute approximate surface area is 143 Å². The summed E-state index contributed by atoms with van der Waals surface area (Å²) in [5.41, 5.74) is 0.807. The summed E-state index contributed by atoms with van der Waals surface area (Å²) in [5, 5.41) is 19.3. The molecule has 132 valence electrons. The molecule has 3 rings (SSSR count). The third-order valence-corrected chi connectivity index (χ3v) is 4.51. The molecular weight excluding hydrogens is 327 g/mol. The van der Waals surface area contributed by atoms with E-state index in [9.17, 15) is 19.1 Å². The number of H-pyrrole nitrogens is 1. The molecule has 2 aromatic rings. The first-order chi connectivity index (χ1) is 11.9. The van der Waals surface area contributed by atoms with Crippen LogP contribution in [0.4, 0.5) is 10.1 Å². The van der Waals surface area contributed by atoms with Gasteiger partial charge in [0.25, 0.3) is 5.56 Å². The quantitative estimate of drug-likeness (QED) is 0.791. The number of halogens is 1. The number of aromatic nitrogens is 1. The number of hydrogen-bond acceptors (Lipinski definition) is 4. The van der Waals surface area contributed by atoms with Crippen LogP contribution in [0.2, 0.25) is 0 Å². The number of nitrogens with one attached hydrogen (secondary N) is 1. The predicted molar refractivity (Wildman–Crippen MR) is 92.2 cm³/mol. The lowest BCUT2D eigenvalue weighted by Gasteiger charge is -2.18. The number of aromatic carboxylic acids is 1. The van der Waals surface area contributed by atoms with Gasteiger partial charge in [-0.1, -0.05) is 19.1 Å². The van der Waals surface area contributed by atoms with Crippen molar-refractivity contribution < 1.29 is 19.4 Å². The van der Waals surface area contributed by atoms with Crippen molar-refractivity contribution >= 4 is 11.7 Å². The zero-order valence-corrected chi connectivity index (χ0v) is 13.8. The molecule has 3 N–H and O–H groups in total. The Balaban J connectivity index is 2.02. The van der Waals surface area contributed by atoms with Crippen molar-refractivity contribution in [1.29, 1.82) is 0 Å². The molecule has 7 heteroatoms. The lowest BCUT2D eigenvalue weighted by atomic mass is 10.0. The highest BCUT2D eigenvalue weighted by atomic mass is 19.1. The van der Waals surface area contributed by atoms with Crippen LogP contribution in [0, 0.1) is 0 Å². The summed E-state index contributed by atoms with van der Waals surface area (Å²) >= 11 is 0. The van der Waals surface area contributed by atoms with Crippen LogP contribution >= 0.6 is 0 Å². The first-order valence-corrected chi connectivity index (χ1v) is 8.13. The third-order valence-electron chi connectivity index (χ3n) is 4.51. The van der Waals surface area contributed by atoms with E-state index in [0.29, 0.717) is 42.8 Å². The fraction of sp³-hybridized carbons (Fsp3) is 0.333. The van der Waals surface area contributed by atoms with Gasteiger partial charge in [-0.3, -0.25) is 4.79 Å². The van der Waals surface area contributed by atoms with Crippen LogP contribution in [0.25, 0.3) is 11.3 Å². The lowest BCUT2D eigenvalue weighted by molar-refractivity contribution is 0.0691. The monoisotopic (exact) mass is 346 g/mol. The average Bonchev–Trinajstić information content (AvgIpc) is 3.00. The van der Waals surface area contributed by atoms with Gasteiger partial charge in [0, 0.05) is 24.3 Å². The Morgan fingerprint density at radius 3 is 2.56 bits per heavy atom. The third kappa shape index (κ3) is 3.09. The van der Waals surface area contributed by atoms with Crippen molar-refractivity contribution in [2.24, 2.45) is 0 Å². The summed E-state index contributed by atoms with van der Waals surface area (Å²) < 4.78 is 13.3. The summed E-state index contributed by atoms with van der Waals surface area (Å²) in [4.78, 5) is 27.7. The Morgan fingerprint density at radius 2 is 2.04 bits per heavy atom. The Kier molecular flexibility index (Phi) is 4.48. The van der Waals surface area contributed by atoms with Crippen LogP contribution < -0.4 is 10.5 Å². The summed E-state index contributed by atoms with van der Waals surface area (Å²) in [6.45, 7) is 2.79. The van der Waals surface area contributed by atoms with E-state index in [2.05, 4.69) is 4.98 Å². The molecular formula is C18H19FN2O4. The molecule has 25 heavy (non-hydrogen) atoms. The SMILES string of the molecule is CCc1c(-c2ccc(N3CC[C@H](F)C3)cc2)[nH]c(=O)c(C(=O)O)c1O. The molecule has 0 aliphatic carbocycles. The first kappa shape index (κ1) is 17.0. The topological polar surface area (TPSA) is 93.6 Å². The predicted octanol–water partition coefficient (Wildman–Crippen LogP) is 2.56. The van der Waals surface area contributed by atoms with Gasteiger partial charge in [-0.15, -0.1) is 0 Å². The number of rotatable bonds is 4. The van der Waals surface area contributed by atoms with E-state index in [0.717, 1.165) is 5.69 Å². The van der Waals surface area contributed by atoms with Crippen LogP contribution in [-0.2, 0) is 6.42 Å². The normalized spacial score (nSPS) is 17.0. The molecule has 1 fully saturated rings. The highest BCUT2D eigenvalue weighted by molar-refractivity contribution is 5.92. The number of alkyl halides is 1. The number of nitrogens with zero attached hydrogens (tertiary/aromatic N) is 1. The molecule has 1 aliphatic heterocycles. The Hall–Kier alpha value is -2.83. The summed E-state index contributed by atoms with van der Waals surface area (Å²) in [7, 11) is 0. The second-order valence-electron chi connectivity index (χ2n) is 6.07. The molecule has 1 saturated heterocycles. The van der Waals surface area contributed by atoms with Crippen LogP contribution in [0.15, 0.2) is 29.1 Å². The first-order valence-electron chi connectivity index (χ1n) is 8.13. The van der Waals surface area contributed by atoms with E-state index in [1.54, 1.807) is 19.1 Å². The number of carboxylic acids is 1. The van der Waals surface area contributed by atoms with Gasteiger partial charge in [-0.2, -0.15) is 0 Å². The number of pyridine rings is 1. The number of aromatic amines is 1. The summed E-state index contributed by atoms with van der Waals surface area (Å²) in [5.74, 6) is -1.97. The van der Waals surface area contributed by atoms with Crippen molar-refractivity contribution in [2.45, 2.75) is 25.9 Å². The van der Waals surface area contributed by atoms with Gasteiger partial charge >= 0.3 is 5.97 Å². The van der Waals surface area contributed by atoms with Gasteiger partial charge < -0.3 is 20.1 Å². The minimum atomic E-state index is -1.47. The molecule has 2 heterocycles. The minimum Gasteiger partial charge on any atom is -0.506 e. The van der Waals surface area contributed by atoms with Crippen molar-refractivity contribution in [3.05, 3.63) is 45.7 Å². The average molecular weight is 346 g/mol. The second kappa shape index (κ2) is 6.58. The molecule has 1 aromatic heterocycles. The second-order valence-corrected chi connectivity index (χ2v) is 6.07. The molecule has 1 aliphatic rings. The number of aromatic hydroxyl groups is 1. The smallest absolute Gasteiger partial charge is 0.345 e. The van der Waals surface area contributed by atoms with Gasteiger partial charge in [0.2, 0.25) is 0 Å². The molecule has 1 aromatic carbocycles. The summed E-state index contributed by atoms with van der Waals surface area (Å²) in [6.07, 6.45) is 0.0538. The molecule has 0 bridgehead atoms. The highest BCUT2D eigenvalue weighted by Crippen LogP contribution is 2.31. The van der Waals surface area contributed by atoms with E-state index >= 15 is 0 Å². The molecule has 6 nitrogen and oxygen atoms in total. The van der Waals surface area contributed by atoms with Gasteiger partial charge in [0.15, 0.2) is 5.56 Å². The van der Waals surface area contributed by atoms with E-state index < -0.39 is 29.0 Å². The van der Waals surface area contributed by atoms with Crippen molar-refractivity contribution in [1.82, 2.24) is 4.98 Å². The van der Waals surface area contributed by atoms with Crippen molar-refractivity contribution in [2.75, 3.05) is 18.0 Å². The van der Waals surface area contributed by atoms with Gasteiger partial charge in [-0.05, 0) is 30.5 Å². The molecule has 0 unspecified atom stereocenters. The molecule has 0 amide bonds. The summed E-state index contributed by atoms with van der Waals surface area (Å²) in [6, 6.07) is 7.19. The van der Waals surface area contributed by atoms with E-state index in [1.165, 1.54) is 0 Å². The zero-order chi connectivity index (χ0) is 18.1. The maximum Gasteiger partial charge on any atom is 0.345 e. The number of benzene rings is 1. The van der Waals surface area contributed by atoms with Crippen LogP contribution in [0.5, 0.6) is 5.75 Å². The van der Waals surface area contributed by atoms with Crippen LogP contribution in [0.3, 0.4) is 0 Å². The standard InChI is InChI=1S/C18H19FN2O4/c1-2-13-15(20-17(23)14(16(13)22)18(24)25)10-3-5-12(6-4-10)21-8-7-11(19)9-21/h3-6,11H,2,7-9H2,1H3,(H,24,25)(H2,20,22,23)/t11-/m0/s1. The highest BCUT2D eigenvalue weighted by Gasteiger charge is 2.23. The maximum atomic E-state index is 13.3. The van der Waals surface area contributed by atoms with Crippen LogP contribution in [-0.4, -0.2) is 40.4 Å².